The highest BCUT2D eigenvalue weighted by Crippen LogP contribution is 2.10. The standard InChI is InChI=1S/C11H10ClF2N3O/c12-6-10-16-17-11(18-10)15-2-1-7-3-8(13)5-9(14)4-7/h3-5H,1-2,6H2,(H,15,17). The number of hydrogen-bond donors (Lipinski definition) is 1. The molecule has 1 aromatic heterocycles. The van der Waals surface area contributed by atoms with E-state index in [1.54, 1.807) is 0 Å². The molecule has 0 saturated heterocycles. The van der Waals surface area contributed by atoms with Gasteiger partial charge in [0.15, 0.2) is 0 Å². The molecule has 7 heteroatoms. The van der Waals surface area contributed by atoms with Crippen molar-refractivity contribution in [3.8, 4) is 0 Å². The van der Waals surface area contributed by atoms with Crippen molar-refractivity contribution in [3.05, 3.63) is 41.3 Å². The fourth-order valence-corrected chi connectivity index (χ4v) is 1.56. The van der Waals surface area contributed by atoms with Crippen LogP contribution in [0.25, 0.3) is 0 Å². The summed E-state index contributed by atoms with van der Waals surface area (Å²) in [6, 6.07) is 3.63. The molecule has 0 saturated carbocycles. The number of halogens is 3. The van der Waals surface area contributed by atoms with Gasteiger partial charge in [0.25, 0.3) is 0 Å². The third kappa shape index (κ3) is 3.40. The van der Waals surface area contributed by atoms with Crippen molar-refractivity contribution in [3.63, 3.8) is 0 Å². The van der Waals surface area contributed by atoms with Gasteiger partial charge < -0.3 is 9.73 Å². The summed E-state index contributed by atoms with van der Waals surface area (Å²) in [4.78, 5) is 0. The highest BCUT2D eigenvalue weighted by Gasteiger charge is 2.04. The van der Waals surface area contributed by atoms with Crippen LogP contribution in [-0.2, 0) is 12.3 Å². The third-order valence-electron chi connectivity index (χ3n) is 2.19. The molecule has 0 aliphatic carbocycles. The molecule has 96 valence electrons. The Balaban J connectivity index is 1.88. The Morgan fingerprint density at radius 2 is 1.89 bits per heavy atom. The van der Waals surface area contributed by atoms with Gasteiger partial charge in [-0.15, -0.1) is 16.7 Å². The van der Waals surface area contributed by atoms with Crippen LogP contribution in [0.1, 0.15) is 11.5 Å². The summed E-state index contributed by atoms with van der Waals surface area (Å²) < 4.78 is 30.9. The van der Waals surface area contributed by atoms with E-state index >= 15 is 0 Å². The van der Waals surface area contributed by atoms with Gasteiger partial charge in [-0.05, 0) is 24.1 Å². The van der Waals surface area contributed by atoms with E-state index in [2.05, 4.69) is 15.5 Å². The van der Waals surface area contributed by atoms with Gasteiger partial charge in [0.1, 0.15) is 17.5 Å². The number of alkyl halides is 1. The molecule has 0 fully saturated rings. The molecule has 1 heterocycles. The Kier molecular flexibility index (Phi) is 4.09. The average Bonchev–Trinajstić information content (AvgIpc) is 2.76. The number of rotatable bonds is 5. The fourth-order valence-electron chi connectivity index (χ4n) is 1.45. The summed E-state index contributed by atoms with van der Waals surface area (Å²) in [5, 5.41) is 10.2. The van der Waals surface area contributed by atoms with Crippen LogP contribution in [0.5, 0.6) is 0 Å². The molecular formula is C11H10ClF2N3O. The number of benzene rings is 1. The predicted octanol–water partition coefficient (Wildman–Crippen LogP) is 2.74. The topological polar surface area (TPSA) is 51.0 Å². The molecule has 0 aliphatic rings. The predicted molar refractivity (Wildman–Crippen MR) is 62.4 cm³/mol. The van der Waals surface area contributed by atoms with Gasteiger partial charge in [0, 0.05) is 12.6 Å². The normalized spacial score (nSPS) is 10.6. The van der Waals surface area contributed by atoms with Gasteiger partial charge in [0.05, 0.1) is 0 Å². The average molecular weight is 274 g/mol. The molecule has 0 radical (unpaired) electrons. The molecule has 1 aromatic carbocycles. The first-order valence-electron chi connectivity index (χ1n) is 5.24. The second-order valence-corrected chi connectivity index (χ2v) is 3.86. The molecule has 0 bridgehead atoms. The molecule has 2 rings (SSSR count). The zero-order valence-corrected chi connectivity index (χ0v) is 10.0. The fraction of sp³-hybridized carbons (Fsp3) is 0.273. The summed E-state index contributed by atoms with van der Waals surface area (Å²) in [6.45, 7) is 0.423. The van der Waals surface area contributed by atoms with Crippen LogP contribution >= 0.6 is 11.6 Å². The maximum absolute atomic E-state index is 12.9. The Hall–Kier alpha value is -1.69. The number of anilines is 1. The van der Waals surface area contributed by atoms with Crippen LogP contribution in [0.3, 0.4) is 0 Å². The van der Waals surface area contributed by atoms with Crippen molar-refractivity contribution in [2.45, 2.75) is 12.3 Å². The number of nitrogens with zero attached hydrogens (tertiary/aromatic N) is 2. The molecule has 18 heavy (non-hydrogen) atoms. The van der Waals surface area contributed by atoms with Gasteiger partial charge in [0.2, 0.25) is 5.89 Å². The monoisotopic (exact) mass is 273 g/mol. The first-order valence-corrected chi connectivity index (χ1v) is 5.78. The van der Waals surface area contributed by atoms with Crippen molar-refractivity contribution in [1.29, 1.82) is 0 Å². The van der Waals surface area contributed by atoms with Gasteiger partial charge in [-0.1, -0.05) is 5.10 Å². The zero-order chi connectivity index (χ0) is 13.0. The summed E-state index contributed by atoms with van der Waals surface area (Å²) in [6.07, 6.45) is 0.438. The summed E-state index contributed by atoms with van der Waals surface area (Å²) in [5.41, 5.74) is 0.553. The van der Waals surface area contributed by atoms with Gasteiger partial charge in [-0.25, -0.2) is 8.78 Å². The van der Waals surface area contributed by atoms with E-state index in [9.17, 15) is 8.78 Å². The molecular weight excluding hydrogens is 264 g/mol. The Labute approximate surface area is 107 Å². The molecule has 0 spiro atoms. The Morgan fingerprint density at radius 3 is 2.50 bits per heavy atom. The van der Waals surface area contributed by atoms with Crippen LogP contribution in [0.15, 0.2) is 22.6 Å². The van der Waals surface area contributed by atoms with Crippen molar-refractivity contribution >= 4 is 17.6 Å². The van der Waals surface area contributed by atoms with E-state index in [1.807, 2.05) is 0 Å². The zero-order valence-electron chi connectivity index (χ0n) is 9.29. The SMILES string of the molecule is Fc1cc(F)cc(CCNc2nnc(CCl)o2)c1. The summed E-state index contributed by atoms with van der Waals surface area (Å²) in [5.74, 6) is -0.723. The first-order chi connectivity index (χ1) is 8.67. The molecule has 4 nitrogen and oxygen atoms in total. The Morgan fingerprint density at radius 1 is 1.17 bits per heavy atom. The number of hydrogen-bond acceptors (Lipinski definition) is 4. The second-order valence-electron chi connectivity index (χ2n) is 3.59. The van der Waals surface area contributed by atoms with E-state index < -0.39 is 11.6 Å². The highest BCUT2D eigenvalue weighted by molar-refractivity contribution is 6.16. The lowest BCUT2D eigenvalue weighted by molar-refractivity contribution is 0.525. The lowest BCUT2D eigenvalue weighted by Gasteiger charge is -2.02. The van der Waals surface area contributed by atoms with Crippen molar-refractivity contribution < 1.29 is 13.2 Å². The quantitative estimate of drug-likeness (QED) is 0.851. The van der Waals surface area contributed by atoms with Crippen molar-refractivity contribution in [2.24, 2.45) is 0 Å². The lowest BCUT2D eigenvalue weighted by atomic mass is 10.1. The van der Waals surface area contributed by atoms with E-state index in [0.29, 0.717) is 24.4 Å². The lowest BCUT2D eigenvalue weighted by Crippen LogP contribution is -2.05. The van der Waals surface area contributed by atoms with Crippen LogP contribution < -0.4 is 5.32 Å². The van der Waals surface area contributed by atoms with E-state index in [4.69, 9.17) is 16.0 Å². The van der Waals surface area contributed by atoms with Gasteiger partial charge in [-0.3, -0.25) is 0 Å². The third-order valence-corrected chi connectivity index (χ3v) is 2.42. The minimum atomic E-state index is -0.591. The maximum Gasteiger partial charge on any atom is 0.315 e. The van der Waals surface area contributed by atoms with Crippen LogP contribution in [0.4, 0.5) is 14.8 Å². The maximum atomic E-state index is 12.9. The summed E-state index contributed by atoms with van der Waals surface area (Å²) >= 11 is 5.50. The van der Waals surface area contributed by atoms with Crippen molar-refractivity contribution in [1.82, 2.24) is 10.2 Å². The molecule has 0 atom stereocenters. The minimum absolute atomic E-state index is 0.143. The number of aromatic nitrogens is 2. The Bertz CT molecular complexity index is 513. The second kappa shape index (κ2) is 5.77. The van der Waals surface area contributed by atoms with Gasteiger partial charge >= 0.3 is 6.01 Å². The molecule has 0 unspecified atom stereocenters. The van der Waals surface area contributed by atoms with Crippen molar-refractivity contribution in [2.75, 3.05) is 11.9 Å². The summed E-state index contributed by atoms with van der Waals surface area (Å²) in [7, 11) is 0. The number of nitrogens with one attached hydrogen (secondary N) is 1. The highest BCUT2D eigenvalue weighted by atomic mass is 35.5. The first kappa shape index (κ1) is 12.8. The molecule has 1 N–H and O–H groups in total. The molecule has 2 aromatic rings. The molecule has 0 amide bonds. The van der Waals surface area contributed by atoms with Crippen LogP contribution in [-0.4, -0.2) is 16.7 Å². The van der Waals surface area contributed by atoms with E-state index in [0.717, 1.165) is 6.07 Å². The van der Waals surface area contributed by atoms with Gasteiger partial charge in [-0.2, -0.15) is 0 Å². The van der Waals surface area contributed by atoms with Crippen LogP contribution in [0, 0.1) is 11.6 Å². The molecule has 0 aliphatic heterocycles. The van der Waals surface area contributed by atoms with E-state index in [1.165, 1.54) is 12.1 Å². The van der Waals surface area contributed by atoms with E-state index in [-0.39, 0.29) is 11.9 Å². The minimum Gasteiger partial charge on any atom is -0.407 e. The smallest absolute Gasteiger partial charge is 0.315 e. The largest absolute Gasteiger partial charge is 0.407 e. The van der Waals surface area contributed by atoms with Crippen LogP contribution in [0.2, 0.25) is 0 Å².